The maximum absolute atomic E-state index is 12.3. The first-order valence-electron chi connectivity index (χ1n) is 8.73. The number of ether oxygens (including phenoxy) is 1. The van der Waals surface area contributed by atoms with Crippen molar-refractivity contribution in [2.45, 2.75) is 26.7 Å². The van der Waals surface area contributed by atoms with Gasteiger partial charge in [0.05, 0.1) is 25.9 Å². The zero-order valence-electron chi connectivity index (χ0n) is 15.6. The maximum atomic E-state index is 12.3. The van der Waals surface area contributed by atoms with Gasteiger partial charge in [-0.2, -0.15) is 0 Å². The number of urea groups is 1. The molecule has 3 N–H and O–H groups in total. The number of para-hydroxylation sites is 2. The van der Waals surface area contributed by atoms with E-state index in [-0.39, 0.29) is 19.0 Å². The number of benzene rings is 1. The van der Waals surface area contributed by atoms with Gasteiger partial charge in [-0.1, -0.05) is 26.0 Å². The van der Waals surface area contributed by atoms with Gasteiger partial charge < -0.3 is 15.4 Å². The summed E-state index contributed by atoms with van der Waals surface area (Å²) in [4.78, 5) is 37.5. The van der Waals surface area contributed by atoms with Crippen molar-refractivity contribution < 1.29 is 19.1 Å². The molecule has 0 spiro atoms. The van der Waals surface area contributed by atoms with Crippen LogP contribution in [0.25, 0.3) is 0 Å². The molecule has 8 heteroatoms. The Bertz CT molecular complexity index is 607. The first-order chi connectivity index (χ1) is 12.5. The zero-order chi connectivity index (χ0) is 19.4. The summed E-state index contributed by atoms with van der Waals surface area (Å²) in [5, 5.41) is 7.61. The topological polar surface area (TPSA) is 99.8 Å². The van der Waals surface area contributed by atoms with Crippen LogP contribution in [0.4, 0.5) is 10.5 Å². The Morgan fingerprint density at radius 2 is 1.73 bits per heavy atom. The number of carbonyl (C=O) groups is 3. The van der Waals surface area contributed by atoms with E-state index in [0.29, 0.717) is 24.5 Å². The van der Waals surface area contributed by atoms with Gasteiger partial charge in [-0.15, -0.1) is 0 Å². The molecule has 0 unspecified atom stereocenters. The SMILES string of the molecule is CCCNC(=O)NC(=O)CN(CCC)CC(=O)Nc1ccccc1OC. The highest BCUT2D eigenvalue weighted by molar-refractivity contribution is 5.96. The molecule has 1 aromatic carbocycles. The summed E-state index contributed by atoms with van der Waals surface area (Å²) in [5.74, 6) is -0.142. The van der Waals surface area contributed by atoms with Crippen LogP contribution in [0.1, 0.15) is 26.7 Å². The standard InChI is InChI=1S/C18H28N4O4/c1-4-10-19-18(25)21-17(24)13-22(11-5-2)12-16(23)20-14-8-6-7-9-15(14)26-3/h6-9H,4-5,10-13H2,1-3H3,(H,20,23)(H2,19,21,24,25). The van der Waals surface area contributed by atoms with Gasteiger partial charge in [0.2, 0.25) is 11.8 Å². The molecule has 26 heavy (non-hydrogen) atoms. The highest BCUT2D eigenvalue weighted by Gasteiger charge is 2.16. The molecule has 0 bridgehead atoms. The van der Waals surface area contributed by atoms with Crippen molar-refractivity contribution in [3.05, 3.63) is 24.3 Å². The van der Waals surface area contributed by atoms with Crippen molar-refractivity contribution >= 4 is 23.5 Å². The third-order valence-electron chi connectivity index (χ3n) is 3.44. The van der Waals surface area contributed by atoms with Crippen LogP contribution in [0.3, 0.4) is 0 Å². The van der Waals surface area contributed by atoms with Gasteiger partial charge in [-0.3, -0.25) is 19.8 Å². The summed E-state index contributed by atoms with van der Waals surface area (Å²) >= 11 is 0. The van der Waals surface area contributed by atoms with Gasteiger partial charge >= 0.3 is 6.03 Å². The molecule has 4 amide bonds. The summed E-state index contributed by atoms with van der Waals surface area (Å²) in [7, 11) is 1.53. The number of rotatable bonds is 10. The number of nitrogens with zero attached hydrogens (tertiary/aromatic N) is 1. The molecular weight excluding hydrogens is 336 g/mol. The molecule has 0 saturated carbocycles. The van der Waals surface area contributed by atoms with Crippen LogP contribution < -0.4 is 20.7 Å². The Balaban J connectivity index is 2.56. The fourth-order valence-corrected chi connectivity index (χ4v) is 2.32. The molecule has 0 aliphatic rings. The Labute approximate surface area is 154 Å². The van der Waals surface area contributed by atoms with E-state index in [1.165, 1.54) is 7.11 Å². The fraction of sp³-hybridized carbons (Fsp3) is 0.500. The number of hydrogen-bond acceptors (Lipinski definition) is 5. The van der Waals surface area contributed by atoms with Gasteiger partial charge in [0, 0.05) is 6.54 Å². The maximum Gasteiger partial charge on any atom is 0.321 e. The molecule has 0 saturated heterocycles. The molecule has 144 valence electrons. The van der Waals surface area contributed by atoms with Crippen LogP contribution in [0.15, 0.2) is 24.3 Å². The number of amides is 4. The van der Waals surface area contributed by atoms with Gasteiger partial charge in [0.1, 0.15) is 5.75 Å². The minimum absolute atomic E-state index is 0.0350. The zero-order valence-corrected chi connectivity index (χ0v) is 15.6. The predicted octanol–water partition coefficient (Wildman–Crippen LogP) is 1.58. The molecule has 0 radical (unpaired) electrons. The summed E-state index contributed by atoms with van der Waals surface area (Å²) in [6.07, 6.45) is 1.56. The lowest BCUT2D eigenvalue weighted by molar-refractivity contribution is -0.122. The van der Waals surface area contributed by atoms with Gasteiger partial charge in [-0.25, -0.2) is 4.79 Å². The number of nitrogens with one attached hydrogen (secondary N) is 3. The molecule has 0 heterocycles. The third-order valence-corrected chi connectivity index (χ3v) is 3.44. The van der Waals surface area contributed by atoms with E-state index >= 15 is 0 Å². The summed E-state index contributed by atoms with van der Waals surface area (Å²) in [6, 6.07) is 6.58. The average molecular weight is 364 g/mol. The van der Waals surface area contributed by atoms with Gasteiger partial charge in [0.15, 0.2) is 0 Å². The van der Waals surface area contributed by atoms with Gasteiger partial charge in [-0.05, 0) is 31.5 Å². The summed E-state index contributed by atoms with van der Waals surface area (Å²) in [6.45, 7) is 4.94. The molecule has 0 aliphatic carbocycles. The number of anilines is 1. The van der Waals surface area contributed by atoms with Crippen LogP contribution >= 0.6 is 0 Å². The number of carbonyl (C=O) groups excluding carboxylic acids is 3. The molecule has 0 aromatic heterocycles. The second-order valence-corrected chi connectivity index (χ2v) is 5.76. The highest BCUT2D eigenvalue weighted by atomic mass is 16.5. The number of methoxy groups -OCH3 is 1. The smallest absolute Gasteiger partial charge is 0.321 e. The highest BCUT2D eigenvalue weighted by Crippen LogP contribution is 2.22. The van der Waals surface area contributed by atoms with E-state index in [2.05, 4.69) is 16.0 Å². The molecule has 0 atom stereocenters. The van der Waals surface area contributed by atoms with Crippen molar-refractivity contribution in [2.75, 3.05) is 38.6 Å². The van der Waals surface area contributed by atoms with Crippen LogP contribution in [0.2, 0.25) is 0 Å². The van der Waals surface area contributed by atoms with Crippen LogP contribution in [-0.2, 0) is 9.59 Å². The molecular formula is C18H28N4O4. The van der Waals surface area contributed by atoms with Crippen LogP contribution in [-0.4, -0.2) is 56.0 Å². The minimum atomic E-state index is -0.522. The third kappa shape index (κ3) is 7.98. The lowest BCUT2D eigenvalue weighted by atomic mass is 10.3. The summed E-state index contributed by atoms with van der Waals surface area (Å²) in [5.41, 5.74) is 0.569. The first-order valence-corrected chi connectivity index (χ1v) is 8.73. The fourth-order valence-electron chi connectivity index (χ4n) is 2.32. The van der Waals surface area contributed by atoms with E-state index in [1.54, 1.807) is 23.1 Å². The quantitative estimate of drug-likeness (QED) is 0.585. The minimum Gasteiger partial charge on any atom is -0.495 e. The van der Waals surface area contributed by atoms with Crippen LogP contribution in [0.5, 0.6) is 5.75 Å². The normalized spacial score (nSPS) is 10.3. The van der Waals surface area contributed by atoms with E-state index in [1.807, 2.05) is 19.9 Å². The van der Waals surface area contributed by atoms with Crippen molar-refractivity contribution in [2.24, 2.45) is 0 Å². The van der Waals surface area contributed by atoms with Crippen LogP contribution in [0, 0.1) is 0 Å². The van der Waals surface area contributed by atoms with Crippen molar-refractivity contribution in [1.82, 2.24) is 15.5 Å². The summed E-state index contributed by atoms with van der Waals surface area (Å²) < 4.78 is 5.20. The van der Waals surface area contributed by atoms with E-state index < -0.39 is 11.9 Å². The second kappa shape index (κ2) is 11.9. The predicted molar refractivity (Wildman–Crippen MR) is 100 cm³/mol. The van der Waals surface area contributed by atoms with Gasteiger partial charge in [0.25, 0.3) is 0 Å². The Morgan fingerprint density at radius 1 is 1.04 bits per heavy atom. The molecule has 0 fully saturated rings. The second-order valence-electron chi connectivity index (χ2n) is 5.76. The van der Waals surface area contributed by atoms with E-state index in [4.69, 9.17) is 4.74 Å². The monoisotopic (exact) mass is 364 g/mol. The lowest BCUT2D eigenvalue weighted by Gasteiger charge is -2.20. The molecule has 0 aliphatic heterocycles. The molecule has 8 nitrogen and oxygen atoms in total. The van der Waals surface area contributed by atoms with Crippen molar-refractivity contribution in [3.63, 3.8) is 0 Å². The average Bonchev–Trinajstić information content (AvgIpc) is 2.60. The Hall–Kier alpha value is -2.61. The van der Waals surface area contributed by atoms with E-state index in [0.717, 1.165) is 12.8 Å². The Kier molecular flexibility index (Phi) is 9.78. The molecule has 1 aromatic rings. The first kappa shape index (κ1) is 21.4. The largest absolute Gasteiger partial charge is 0.495 e. The van der Waals surface area contributed by atoms with Crippen molar-refractivity contribution in [3.8, 4) is 5.75 Å². The van der Waals surface area contributed by atoms with E-state index in [9.17, 15) is 14.4 Å². The number of imide groups is 1. The number of hydrogen-bond donors (Lipinski definition) is 3. The lowest BCUT2D eigenvalue weighted by Crippen LogP contribution is -2.46. The Morgan fingerprint density at radius 3 is 2.38 bits per heavy atom. The van der Waals surface area contributed by atoms with Crippen molar-refractivity contribution in [1.29, 1.82) is 0 Å². The molecule has 1 rings (SSSR count).